The van der Waals surface area contributed by atoms with Crippen molar-refractivity contribution in [2.45, 2.75) is 38.8 Å². The van der Waals surface area contributed by atoms with Gasteiger partial charge in [-0.25, -0.2) is 0 Å². The molecule has 0 aliphatic carbocycles. The number of carbonyl (C=O) groups is 1. The molecule has 0 radical (unpaired) electrons. The van der Waals surface area contributed by atoms with Crippen LogP contribution in [0.5, 0.6) is 5.75 Å². The minimum absolute atomic E-state index is 0.0737. The molecule has 3 nitrogen and oxygen atoms in total. The summed E-state index contributed by atoms with van der Waals surface area (Å²) in [6.07, 6.45) is 1.75. The van der Waals surface area contributed by atoms with Gasteiger partial charge in [-0.1, -0.05) is 12.1 Å². The van der Waals surface area contributed by atoms with Crippen LogP contribution in [0.25, 0.3) is 0 Å². The summed E-state index contributed by atoms with van der Waals surface area (Å²) in [5, 5.41) is 0. The van der Waals surface area contributed by atoms with Crippen LogP contribution in [0.15, 0.2) is 24.3 Å². The number of hydrogen-bond acceptors (Lipinski definition) is 2. The van der Waals surface area contributed by atoms with Crippen LogP contribution in [-0.4, -0.2) is 29.8 Å². The van der Waals surface area contributed by atoms with Crippen molar-refractivity contribution in [1.82, 2.24) is 4.90 Å². The predicted octanol–water partition coefficient (Wildman–Crippen LogP) is 3.62. The van der Waals surface area contributed by atoms with Crippen LogP contribution in [0.3, 0.4) is 0 Å². The fraction of sp³-hybridized carbons (Fsp3) is 0.562. The first kappa shape index (κ1) is 15.2. The summed E-state index contributed by atoms with van der Waals surface area (Å²) in [6, 6.07) is 8.42. The van der Waals surface area contributed by atoms with Crippen LogP contribution in [0, 0.1) is 5.92 Å². The van der Waals surface area contributed by atoms with Gasteiger partial charge in [-0.15, -0.1) is 11.6 Å². The molecule has 1 aromatic rings. The van der Waals surface area contributed by atoms with Crippen LogP contribution < -0.4 is 4.74 Å². The molecule has 1 fully saturated rings. The van der Waals surface area contributed by atoms with Gasteiger partial charge in [0.2, 0.25) is 5.91 Å². The number of alkyl halides is 1. The third-order valence-electron chi connectivity index (χ3n) is 3.91. The van der Waals surface area contributed by atoms with Crippen molar-refractivity contribution in [3.63, 3.8) is 0 Å². The lowest BCUT2D eigenvalue weighted by molar-refractivity contribution is -0.161. The number of nitrogens with zero attached hydrogens (tertiary/aromatic N) is 1. The van der Waals surface area contributed by atoms with Crippen molar-refractivity contribution in [2.75, 3.05) is 13.0 Å². The Labute approximate surface area is 125 Å². The van der Waals surface area contributed by atoms with E-state index in [4.69, 9.17) is 16.3 Å². The topological polar surface area (TPSA) is 29.5 Å². The summed E-state index contributed by atoms with van der Waals surface area (Å²) in [4.78, 5) is 14.2. The Hall–Kier alpha value is -1.22. The fourth-order valence-electron chi connectivity index (χ4n) is 2.92. The molecule has 1 aliphatic rings. The second-order valence-corrected chi connectivity index (χ2v) is 5.87. The molecule has 0 spiro atoms. The highest BCUT2D eigenvalue weighted by Crippen LogP contribution is 2.44. The molecular formula is C16H22ClNO2. The number of hydrogen-bond donors (Lipinski definition) is 0. The molecule has 1 heterocycles. The molecule has 4 heteroatoms. The standard InChI is InChI=1S/C16H22ClNO2/c1-11(2)18-15(14(16(18)19)5-4-10-17)12-6-8-13(20-3)9-7-12/h6-9,11,14-15H,4-5,10H2,1-3H3/t14-,15-/m1/s1. The summed E-state index contributed by atoms with van der Waals surface area (Å²) in [6.45, 7) is 4.12. The van der Waals surface area contributed by atoms with Crippen molar-refractivity contribution in [2.24, 2.45) is 5.92 Å². The lowest BCUT2D eigenvalue weighted by atomic mass is 9.78. The Morgan fingerprint density at radius 3 is 2.45 bits per heavy atom. The quantitative estimate of drug-likeness (QED) is 0.592. The normalized spacial score (nSPS) is 22.1. The molecule has 0 bridgehead atoms. The van der Waals surface area contributed by atoms with E-state index in [1.54, 1.807) is 7.11 Å². The number of methoxy groups -OCH3 is 1. The first-order valence-electron chi connectivity index (χ1n) is 7.12. The van der Waals surface area contributed by atoms with Gasteiger partial charge in [0.15, 0.2) is 0 Å². The first-order valence-corrected chi connectivity index (χ1v) is 7.65. The van der Waals surface area contributed by atoms with E-state index in [9.17, 15) is 4.79 Å². The lowest BCUT2D eigenvalue weighted by Crippen LogP contribution is -2.57. The maximum absolute atomic E-state index is 12.3. The average molecular weight is 296 g/mol. The molecule has 2 atom stereocenters. The SMILES string of the molecule is COc1ccc([C@@H]2[C@@H](CCCCl)C(=O)N2C(C)C)cc1. The molecule has 0 saturated carbocycles. The third kappa shape index (κ3) is 2.78. The zero-order valence-electron chi connectivity index (χ0n) is 12.3. The Kier molecular flexibility index (Phi) is 4.92. The molecule has 1 saturated heterocycles. The number of carbonyl (C=O) groups excluding carboxylic acids is 1. The van der Waals surface area contributed by atoms with E-state index >= 15 is 0 Å². The van der Waals surface area contributed by atoms with Crippen molar-refractivity contribution >= 4 is 17.5 Å². The maximum Gasteiger partial charge on any atom is 0.228 e. The largest absolute Gasteiger partial charge is 0.497 e. The van der Waals surface area contributed by atoms with E-state index in [0.717, 1.165) is 18.6 Å². The van der Waals surface area contributed by atoms with Crippen LogP contribution in [0.1, 0.15) is 38.3 Å². The molecule has 110 valence electrons. The van der Waals surface area contributed by atoms with E-state index in [0.29, 0.717) is 5.88 Å². The molecule has 0 N–H and O–H groups in total. The molecule has 2 rings (SSSR count). The average Bonchev–Trinajstić information content (AvgIpc) is 2.44. The molecular weight excluding hydrogens is 274 g/mol. The number of β-lactam (4-membered cyclic amide) rings is 1. The molecule has 0 unspecified atom stereocenters. The van der Waals surface area contributed by atoms with Crippen LogP contribution in [0.4, 0.5) is 0 Å². The number of ether oxygens (including phenoxy) is 1. The van der Waals surface area contributed by atoms with Crippen LogP contribution in [-0.2, 0) is 4.79 Å². The zero-order chi connectivity index (χ0) is 14.7. The van der Waals surface area contributed by atoms with Gasteiger partial charge in [0, 0.05) is 11.9 Å². The minimum Gasteiger partial charge on any atom is -0.497 e. The highest BCUT2D eigenvalue weighted by molar-refractivity contribution is 6.17. The lowest BCUT2D eigenvalue weighted by Gasteiger charge is -2.50. The monoisotopic (exact) mass is 295 g/mol. The Morgan fingerprint density at radius 2 is 1.95 bits per heavy atom. The van der Waals surface area contributed by atoms with E-state index in [-0.39, 0.29) is 23.9 Å². The van der Waals surface area contributed by atoms with Gasteiger partial charge in [0.25, 0.3) is 0 Å². The summed E-state index contributed by atoms with van der Waals surface area (Å²) in [5.41, 5.74) is 1.18. The molecule has 1 aromatic carbocycles. The summed E-state index contributed by atoms with van der Waals surface area (Å²) < 4.78 is 5.19. The van der Waals surface area contributed by atoms with Gasteiger partial charge in [-0.05, 0) is 44.4 Å². The zero-order valence-corrected chi connectivity index (χ0v) is 13.1. The van der Waals surface area contributed by atoms with Crippen molar-refractivity contribution in [3.05, 3.63) is 29.8 Å². The van der Waals surface area contributed by atoms with Gasteiger partial charge >= 0.3 is 0 Å². The number of benzene rings is 1. The number of likely N-dealkylation sites (tertiary alicyclic amines) is 1. The Bertz CT molecular complexity index is 458. The highest BCUT2D eigenvalue weighted by Gasteiger charge is 2.48. The van der Waals surface area contributed by atoms with E-state index in [1.807, 2.05) is 17.0 Å². The molecule has 20 heavy (non-hydrogen) atoms. The Balaban J connectivity index is 2.20. The third-order valence-corrected chi connectivity index (χ3v) is 4.18. The van der Waals surface area contributed by atoms with Gasteiger partial charge in [0.1, 0.15) is 5.75 Å². The van der Waals surface area contributed by atoms with E-state index < -0.39 is 0 Å². The predicted molar refractivity (Wildman–Crippen MR) is 81.2 cm³/mol. The van der Waals surface area contributed by atoms with Gasteiger partial charge in [-0.2, -0.15) is 0 Å². The van der Waals surface area contributed by atoms with Crippen LogP contribution in [0.2, 0.25) is 0 Å². The fourth-order valence-corrected chi connectivity index (χ4v) is 3.08. The first-order chi connectivity index (χ1) is 9.60. The minimum atomic E-state index is 0.0737. The molecule has 1 amide bonds. The van der Waals surface area contributed by atoms with E-state index in [2.05, 4.69) is 26.0 Å². The highest BCUT2D eigenvalue weighted by atomic mass is 35.5. The Morgan fingerprint density at radius 1 is 1.30 bits per heavy atom. The summed E-state index contributed by atoms with van der Waals surface area (Å²) in [7, 11) is 1.66. The molecule has 1 aliphatic heterocycles. The second kappa shape index (κ2) is 6.49. The van der Waals surface area contributed by atoms with Gasteiger partial charge in [-0.3, -0.25) is 4.79 Å². The van der Waals surface area contributed by atoms with Crippen LogP contribution >= 0.6 is 11.6 Å². The maximum atomic E-state index is 12.3. The summed E-state index contributed by atoms with van der Waals surface area (Å²) in [5.74, 6) is 1.78. The number of rotatable bonds is 6. The van der Waals surface area contributed by atoms with Crippen molar-refractivity contribution < 1.29 is 9.53 Å². The van der Waals surface area contributed by atoms with Crippen molar-refractivity contribution in [1.29, 1.82) is 0 Å². The van der Waals surface area contributed by atoms with E-state index in [1.165, 1.54) is 5.56 Å². The second-order valence-electron chi connectivity index (χ2n) is 5.49. The van der Waals surface area contributed by atoms with Crippen molar-refractivity contribution in [3.8, 4) is 5.75 Å². The number of halogens is 1. The molecule has 0 aromatic heterocycles. The number of amides is 1. The summed E-state index contributed by atoms with van der Waals surface area (Å²) >= 11 is 5.77. The van der Waals surface area contributed by atoms with Gasteiger partial charge < -0.3 is 9.64 Å². The van der Waals surface area contributed by atoms with Gasteiger partial charge in [0.05, 0.1) is 19.1 Å². The smallest absolute Gasteiger partial charge is 0.228 e.